The van der Waals surface area contributed by atoms with Crippen LogP contribution in [-0.4, -0.2) is 10.1 Å². The van der Waals surface area contributed by atoms with Crippen LogP contribution in [0, 0.1) is 12.7 Å². The molecule has 2 N–H and O–H groups in total. The Morgan fingerprint density at radius 1 is 1.40 bits per heavy atom. The van der Waals surface area contributed by atoms with Crippen molar-refractivity contribution in [2.75, 3.05) is 0 Å². The first-order valence-electron chi connectivity index (χ1n) is 6.33. The molecule has 0 radical (unpaired) electrons. The van der Waals surface area contributed by atoms with Gasteiger partial charge in [0, 0.05) is 5.56 Å². The lowest BCUT2D eigenvalue weighted by atomic mass is 9.98. The number of benzene rings is 1. The SMILES string of the molecule is CCCC(C)(N)c1nc(-c2ccc(F)c(C)c2)no1.Cl. The van der Waals surface area contributed by atoms with Crippen molar-refractivity contribution in [1.82, 2.24) is 10.1 Å². The van der Waals surface area contributed by atoms with Crippen molar-refractivity contribution in [1.29, 1.82) is 0 Å². The molecule has 6 heteroatoms. The highest BCUT2D eigenvalue weighted by molar-refractivity contribution is 5.85. The van der Waals surface area contributed by atoms with Gasteiger partial charge in [0.25, 0.3) is 0 Å². The number of rotatable bonds is 4. The Bertz CT molecular complexity index is 584. The lowest BCUT2D eigenvalue weighted by Gasteiger charge is -2.18. The highest BCUT2D eigenvalue weighted by Crippen LogP contribution is 2.25. The Morgan fingerprint density at radius 3 is 2.70 bits per heavy atom. The summed E-state index contributed by atoms with van der Waals surface area (Å²) >= 11 is 0. The van der Waals surface area contributed by atoms with Crippen molar-refractivity contribution >= 4 is 12.4 Å². The van der Waals surface area contributed by atoms with E-state index in [2.05, 4.69) is 10.1 Å². The number of hydrogen-bond acceptors (Lipinski definition) is 4. The van der Waals surface area contributed by atoms with Gasteiger partial charge in [0.05, 0.1) is 5.54 Å². The van der Waals surface area contributed by atoms with E-state index in [1.165, 1.54) is 6.07 Å². The number of aryl methyl sites for hydroxylation is 1. The molecule has 20 heavy (non-hydrogen) atoms. The summed E-state index contributed by atoms with van der Waals surface area (Å²) in [6.07, 6.45) is 1.69. The minimum Gasteiger partial charge on any atom is -0.337 e. The number of halogens is 2. The number of nitrogens with two attached hydrogens (primary N) is 1. The van der Waals surface area contributed by atoms with Gasteiger partial charge in [0.2, 0.25) is 11.7 Å². The minimum absolute atomic E-state index is 0. The Balaban J connectivity index is 0.00000200. The van der Waals surface area contributed by atoms with Gasteiger partial charge >= 0.3 is 0 Å². The normalized spacial score (nSPS) is 13.7. The van der Waals surface area contributed by atoms with Crippen molar-refractivity contribution in [3.63, 3.8) is 0 Å². The van der Waals surface area contributed by atoms with Crippen LogP contribution in [0.5, 0.6) is 0 Å². The molecule has 1 aromatic carbocycles. The van der Waals surface area contributed by atoms with Crippen LogP contribution in [0.15, 0.2) is 22.7 Å². The number of hydrogen-bond donors (Lipinski definition) is 1. The molecule has 1 unspecified atom stereocenters. The molecule has 4 nitrogen and oxygen atoms in total. The van der Waals surface area contributed by atoms with Gasteiger partial charge in [0.1, 0.15) is 5.82 Å². The standard InChI is InChI=1S/C14H18FN3O.ClH/c1-4-7-14(3,16)13-17-12(18-19-13)10-5-6-11(15)9(2)8-10;/h5-6,8H,4,7,16H2,1-3H3;1H. The van der Waals surface area contributed by atoms with Crippen molar-refractivity contribution in [2.45, 2.75) is 39.2 Å². The molecule has 0 amide bonds. The van der Waals surface area contributed by atoms with E-state index in [-0.39, 0.29) is 18.2 Å². The van der Waals surface area contributed by atoms with Gasteiger partial charge in [-0.2, -0.15) is 4.98 Å². The molecule has 1 atom stereocenters. The molecule has 0 aliphatic rings. The third kappa shape index (κ3) is 3.35. The van der Waals surface area contributed by atoms with Crippen molar-refractivity contribution in [2.24, 2.45) is 5.73 Å². The number of nitrogens with zero attached hydrogens (tertiary/aromatic N) is 2. The lowest BCUT2D eigenvalue weighted by Crippen LogP contribution is -2.33. The van der Waals surface area contributed by atoms with Crippen LogP contribution in [-0.2, 0) is 5.54 Å². The molecule has 0 aliphatic carbocycles. The van der Waals surface area contributed by atoms with Crippen LogP contribution in [0.2, 0.25) is 0 Å². The maximum Gasteiger partial charge on any atom is 0.246 e. The lowest BCUT2D eigenvalue weighted by molar-refractivity contribution is 0.284. The summed E-state index contributed by atoms with van der Waals surface area (Å²) < 4.78 is 18.5. The van der Waals surface area contributed by atoms with E-state index in [0.29, 0.717) is 17.3 Å². The second-order valence-corrected chi connectivity index (χ2v) is 5.05. The van der Waals surface area contributed by atoms with E-state index in [4.69, 9.17) is 10.3 Å². The predicted octanol–water partition coefficient (Wildman–Crippen LogP) is 3.58. The Hall–Kier alpha value is -1.46. The first kappa shape index (κ1) is 16.6. The largest absolute Gasteiger partial charge is 0.337 e. The third-order valence-corrected chi connectivity index (χ3v) is 3.10. The van der Waals surface area contributed by atoms with E-state index in [1.807, 2.05) is 13.8 Å². The summed E-state index contributed by atoms with van der Waals surface area (Å²) in [6, 6.07) is 4.72. The Morgan fingerprint density at radius 2 is 2.10 bits per heavy atom. The van der Waals surface area contributed by atoms with Gasteiger partial charge < -0.3 is 10.3 Å². The zero-order chi connectivity index (χ0) is 14.0. The first-order chi connectivity index (χ1) is 8.94. The molecule has 1 aromatic heterocycles. The molecule has 0 fully saturated rings. The number of aromatic nitrogens is 2. The van der Waals surface area contributed by atoms with E-state index in [9.17, 15) is 4.39 Å². The monoisotopic (exact) mass is 299 g/mol. The fraction of sp³-hybridized carbons (Fsp3) is 0.429. The highest BCUT2D eigenvalue weighted by atomic mass is 35.5. The molecule has 0 bridgehead atoms. The van der Waals surface area contributed by atoms with E-state index in [1.54, 1.807) is 19.1 Å². The smallest absolute Gasteiger partial charge is 0.246 e. The Kier molecular flexibility index (Phi) is 5.25. The molecular formula is C14H19ClFN3O. The van der Waals surface area contributed by atoms with Crippen LogP contribution in [0.1, 0.15) is 38.1 Å². The summed E-state index contributed by atoms with van der Waals surface area (Å²) in [6.45, 7) is 5.61. The molecule has 0 saturated heterocycles. The average Bonchev–Trinajstić information content (AvgIpc) is 2.83. The second kappa shape index (κ2) is 6.33. The summed E-state index contributed by atoms with van der Waals surface area (Å²) in [5, 5.41) is 3.92. The molecule has 2 aromatic rings. The van der Waals surface area contributed by atoms with Crippen LogP contribution in [0.3, 0.4) is 0 Å². The second-order valence-electron chi connectivity index (χ2n) is 5.05. The molecule has 0 spiro atoms. The van der Waals surface area contributed by atoms with Crippen molar-refractivity contribution in [3.8, 4) is 11.4 Å². The average molecular weight is 300 g/mol. The topological polar surface area (TPSA) is 64.9 Å². The van der Waals surface area contributed by atoms with Crippen LogP contribution in [0.4, 0.5) is 4.39 Å². The Labute approximate surface area is 124 Å². The molecule has 0 saturated carbocycles. The summed E-state index contributed by atoms with van der Waals surface area (Å²) in [7, 11) is 0. The van der Waals surface area contributed by atoms with Gasteiger partial charge in [-0.05, 0) is 44.0 Å². The quantitative estimate of drug-likeness (QED) is 0.937. The minimum atomic E-state index is -0.630. The fourth-order valence-corrected chi connectivity index (χ4v) is 1.98. The van der Waals surface area contributed by atoms with Crippen molar-refractivity contribution in [3.05, 3.63) is 35.5 Å². The maximum absolute atomic E-state index is 13.2. The molecule has 2 rings (SSSR count). The van der Waals surface area contributed by atoms with E-state index >= 15 is 0 Å². The van der Waals surface area contributed by atoms with Crippen LogP contribution in [0.25, 0.3) is 11.4 Å². The van der Waals surface area contributed by atoms with E-state index in [0.717, 1.165) is 18.4 Å². The van der Waals surface area contributed by atoms with Gasteiger partial charge in [-0.25, -0.2) is 4.39 Å². The van der Waals surface area contributed by atoms with Gasteiger partial charge in [-0.1, -0.05) is 18.5 Å². The van der Waals surface area contributed by atoms with Gasteiger partial charge in [-0.15, -0.1) is 12.4 Å². The molecule has 110 valence electrons. The third-order valence-electron chi connectivity index (χ3n) is 3.10. The van der Waals surface area contributed by atoms with Gasteiger partial charge in [-0.3, -0.25) is 0 Å². The zero-order valence-electron chi connectivity index (χ0n) is 11.8. The maximum atomic E-state index is 13.2. The summed E-state index contributed by atoms with van der Waals surface area (Å²) in [5.41, 5.74) is 6.78. The first-order valence-corrected chi connectivity index (χ1v) is 6.33. The summed E-state index contributed by atoms with van der Waals surface area (Å²) in [4.78, 5) is 4.32. The highest BCUT2D eigenvalue weighted by Gasteiger charge is 2.27. The fourth-order valence-electron chi connectivity index (χ4n) is 1.98. The zero-order valence-corrected chi connectivity index (χ0v) is 12.6. The molecular weight excluding hydrogens is 281 g/mol. The van der Waals surface area contributed by atoms with Crippen molar-refractivity contribution < 1.29 is 8.91 Å². The van der Waals surface area contributed by atoms with Crippen LogP contribution < -0.4 is 5.73 Å². The van der Waals surface area contributed by atoms with Crippen LogP contribution >= 0.6 is 12.4 Å². The summed E-state index contributed by atoms with van der Waals surface area (Å²) in [5.74, 6) is 0.597. The predicted molar refractivity (Wildman–Crippen MR) is 78.1 cm³/mol. The van der Waals surface area contributed by atoms with E-state index < -0.39 is 5.54 Å². The van der Waals surface area contributed by atoms with Gasteiger partial charge in [0.15, 0.2) is 0 Å². The molecule has 1 heterocycles. The molecule has 0 aliphatic heterocycles.